The first kappa shape index (κ1) is 29.6. The van der Waals surface area contributed by atoms with Crippen molar-refractivity contribution in [1.29, 1.82) is 0 Å². The average Bonchev–Trinajstić information content (AvgIpc) is 3.46. The van der Waals surface area contributed by atoms with Crippen LogP contribution in [0.1, 0.15) is 41.3 Å². The van der Waals surface area contributed by atoms with Crippen molar-refractivity contribution in [3.8, 4) is 17.1 Å². The van der Waals surface area contributed by atoms with Crippen LogP contribution in [0, 0.1) is 13.8 Å². The van der Waals surface area contributed by atoms with E-state index in [1.807, 2.05) is 71.3 Å². The highest BCUT2D eigenvalue weighted by Gasteiger charge is 2.30. The Morgan fingerprint density at radius 2 is 1.61 bits per heavy atom. The molecule has 1 aliphatic rings. The maximum Gasteiger partial charge on any atom is 0.254 e. The Morgan fingerprint density at radius 1 is 0.864 bits per heavy atom. The van der Waals surface area contributed by atoms with Gasteiger partial charge in [-0.05, 0) is 55.7 Å². The fourth-order valence-electron chi connectivity index (χ4n) is 5.88. The number of para-hydroxylation sites is 1. The summed E-state index contributed by atoms with van der Waals surface area (Å²) in [5, 5.41) is 12.0. The Morgan fingerprint density at radius 3 is 2.41 bits per heavy atom. The molecule has 1 aliphatic heterocycles. The van der Waals surface area contributed by atoms with Gasteiger partial charge in [0.25, 0.3) is 5.91 Å². The molecule has 8 heteroatoms. The van der Waals surface area contributed by atoms with Crippen LogP contribution in [0.3, 0.4) is 0 Å². The van der Waals surface area contributed by atoms with Crippen LogP contribution in [0.2, 0.25) is 0 Å². The van der Waals surface area contributed by atoms with E-state index in [9.17, 15) is 9.59 Å². The number of piperazine rings is 1. The van der Waals surface area contributed by atoms with Gasteiger partial charge in [-0.1, -0.05) is 96.2 Å². The molecular formula is C36H37N5O2S. The lowest BCUT2D eigenvalue weighted by Crippen LogP contribution is -2.55. The van der Waals surface area contributed by atoms with E-state index in [-0.39, 0.29) is 17.9 Å². The Labute approximate surface area is 262 Å². The summed E-state index contributed by atoms with van der Waals surface area (Å²) in [6, 6.07) is 30.4. The third kappa shape index (κ3) is 6.13. The van der Waals surface area contributed by atoms with E-state index in [4.69, 9.17) is 0 Å². The molecule has 1 aromatic heterocycles. The highest BCUT2D eigenvalue weighted by Crippen LogP contribution is 2.30. The normalized spacial score (nSPS) is 15.1. The molecule has 224 valence electrons. The number of thioether (sulfide) groups is 1. The maximum absolute atomic E-state index is 13.5. The minimum Gasteiger partial charge on any atom is -0.339 e. The van der Waals surface area contributed by atoms with E-state index < -0.39 is 0 Å². The summed E-state index contributed by atoms with van der Waals surface area (Å²) < 4.78 is 2.13. The van der Waals surface area contributed by atoms with Crippen molar-refractivity contribution in [2.45, 2.75) is 44.8 Å². The number of nitrogens with zero attached hydrogens (tertiary/aromatic N) is 5. The summed E-state index contributed by atoms with van der Waals surface area (Å²) in [7, 11) is 0. The highest BCUT2D eigenvalue weighted by atomic mass is 32.2. The first-order valence-electron chi connectivity index (χ1n) is 15.2. The molecule has 1 saturated heterocycles. The second-order valence-corrected chi connectivity index (χ2v) is 12.5. The molecule has 2 heterocycles. The minimum atomic E-state index is -0.0543. The summed E-state index contributed by atoms with van der Waals surface area (Å²) in [6.45, 7) is 7.83. The predicted molar refractivity (Wildman–Crippen MR) is 177 cm³/mol. The molecule has 0 bridgehead atoms. The predicted octanol–water partition coefficient (Wildman–Crippen LogP) is 6.95. The van der Waals surface area contributed by atoms with Gasteiger partial charge in [0.2, 0.25) is 5.91 Å². The van der Waals surface area contributed by atoms with Crippen LogP contribution >= 0.6 is 11.8 Å². The number of benzene rings is 4. The monoisotopic (exact) mass is 603 g/mol. The largest absolute Gasteiger partial charge is 0.339 e. The van der Waals surface area contributed by atoms with Gasteiger partial charge in [0, 0.05) is 49.0 Å². The van der Waals surface area contributed by atoms with Gasteiger partial charge in [-0.2, -0.15) is 0 Å². The van der Waals surface area contributed by atoms with E-state index >= 15 is 0 Å². The maximum atomic E-state index is 13.5. The van der Waals surface area contributed by atoms with Crippen LogP contribution in [0.15, 0.2) is 96.2 Å². The van der Waals surface area contributed by atoms with Crippen molar-refractivity contribution in [3.05, 3.63) is 108 Å². The molecule has 6 rings (SSSR count). The second-order valence-electron chi connectivity index (χ2n) is 11.5. The first-order chi connectivity index (χ1) is 21.4. The van der Waals surface area contributed by atoms with Crippen molar-refractivity contribution in [2.75, 3.05) is 25.4 Å². The lowest BCUT2D eigenvalue weighted by Gasteiger charge is -2.40. The zero-order valence-corrected chi connectivity index (χ0v) is 26.3. The smallest absolute Gasteiger partial charge is 0.254 e. The summed E-state index contributed by atoms with van der Waals surface area (Å²) in [5.74, 6) is 1.72. The molecular weight excluding hydrogens is 566 g/mol. The first-order valence-corrected chi connectivity index (χ1v) is 16.2. The zero-order valence-electron chi connectivity index (χ0n) is 25.4. The summed E-state index contributed by atoms with van der Waals surface area (Å²) in [5.41, 5.74) is 5.13. The van der Waals surface area contributed by atoms with Crippen molar-refractivity contribution in [2.24, 2.45) is 0 Å². The van der Waals surface area contributed by atoms with Gasteiger partial charge >= 0.3 is 0 Å². The molecule has 1 atom stereocenters. The molecule has 44 heavy (non-hydrogen) atoms. The molecule has 4 aromatic carbocycles. The SMILES string of the molecule is Cc1ccc(-c2nnc(SCCCC(=O)N3CCN(C(=O)c4cccc5ccccc45)C(C)C3)n2-c2ccccc2C)cc1. The number of aryl methyl sites for hydroxylation is 2. The van der Waals surface area contributed by atoms with E-state index in [2.05, 4.69) is 65.0 Å². The molecule has 1 unspecified atom stereocenters. The lowest BCUT2D eigenvalue weighted by molar-refractivity contribution is -0.133. The third-order valence-electron chi connectivity index (χ3n) is 8.33. The molecule has 0 N–H and O–H groups in total. The van der Waals surface area contributed by atoms with E-state index in [1.165, 1.54) is 5.56 Å². The number of hydrogen-bond acceptors (Lipinski definition) is 5. The van der Waals surface area contributed by atoms with Gasteiger partial charge in [0.15, 0.2) is 11.0 Å². The Kier molecular flexibility index (Phi) is 8.79. The van der Waals surface area contributed by atoms with E-state index in [0.29, 0.717) is 26.1 Å². The fourth-order valence-corrected chi connectivity index (χ4v) is 6.77. The summed E-state index contributed by atoms with van der Waals surface area (Å²) in [6.07, 6.45) is 1.19. The Balaban J connectivity index is 1.07. The minimum absolute atomic E-state index is 0.0283. The van der Waals surface area contributed by atoms with Crippen LogP contribution in [-0.2, 0) is 4.79 Å². The number of carbonyl (C=O) groups is 2. The van der Waals surface area contributed by atoms with E-state index in [1.54, 1.807) is 11.8 Å². The van der Waals surface area contributed by atoms with Gasteiger partial charge in [-0.15, -0.1) is 10.2 Å². The fraction of sp³-hybridized carbons (Fsp3) is 0.278. The molecule has 5 aromatic rings. The van der Waals surface area contributed by atoms with Gasteiger partial charge in [0.1, 0.15) is 0 Å². The number of hydrogen-bond donors (Lipinski definition) is 0. The van der Waals surface area contributed by atoms with Crippen molar-refractivity contribution in [3.63, 3.8) is 0 Å². The number of fused-ring (bicyclic) bond motifs is 1. The van der Waals surface area contributed by atoms with Crippen LogP contribution in [0.4, 0.5) is 0 Å². The van der Waals surface area contributed by atoms with Crippen LogP contribution < -0.4 is 0 Å². The Bertz CT molecular complexity index is 1790. The molecule has 0 spiro atoms. The third-order valence-corrected chi connectivity index (χ3v) is 9.34. The summed E-state index contributed by atoms with van der Waals surface area (Å²) >= 11 is 1.63. The standard InChI is InChI=1S/C36H37N5O2S/c1-25-17-19-29(20-18-25)34-37-38-36(41(34)32-15-7-4-10-26(32)2)44-23-9-16-33(42)39-21-22-40(27(3)24-39)35(43)31-14-8-12-28-11-5-6-13-30(28)31/h4-8,10-15,17-20,27H,9,16,21-24H2,1-3H3. The lowest BCUT2D eigenvalue weighted by atomic mass is 10.0. The van der Waals surface area contributed by atoms with Crippen LogP contribution in [0.25, 0.3) is 27.8 Å². The molecule has 7 nitrogen and oxygen atoms in total. The van der Waals surface area contributed by atoms with Crippen molar-refractivity contribution < 1.29 is 9.59 Å². The van der Waals surface area contributed by atoms with E-state index in [0.717, 1.165) is 56.3 Å². The number of rotatable bonds is 8. The van der Waals surface area contributed by atoms with Gasteiger partial charge in [-0.3, -0.25) is 14.2 Å². The molecule has 0 radical (unpaired) electrons. The molecule has 1 fully saturated rings. The van der Waals surface area contributed by atoms with Gasteiger partial charge in [0.05, 0.1) is 5.69 Å². The number of amides is 2. The molecule has 2 amide bonds. The van der Waals surface area contributed by atoms with Gasteiger partial charge < -0.3 is 9.80 Å². The summed E-state index contributed by atoms with van der Waals surface area (Å²) in [4.78, 5) is 30.5. The highest BCUT2D eigenvalue weighted by molar-refractivity contribution is 7.99. The van der Waals surface area contributed by atoms with Crippen LogP contribution in [-0.4, -0.2) is 67.8 Å². The Hall–Kier alpha value is -4.43. The molecule has 0 saturated carbocycles. The quantitative estimate of drug-likeness (QED) is 0.142. The topological polar surface area (TPSA) is 71.3 Å². The molecule has 0 aliphatic carbocycles. The average molecular weight is 604 g/mol. The number of carbonyl (C=O) groups excluding carboxylic acids is 2. The van der Waals surface area contributed by atoms with Crippen molar-refractivity contribution >= 4 is 34.3 Å². The second kappa shape index (κ2) is 13.1. The number of aromatic nitrogens is 3. The van der Waals surface area contributed by atoms with Crippen molar-refractivity contribution in [1.82, 2.24) is 24.6 Å². The van der Waals surface area contributed by atoms with Crippen LogP contribution in [0.5, 0.6) is 0 Å². The zero-order chi connectivity index (χ0) is 30.6. The van der Waals surface area contributed by atoms with Gasteiger partial charge in [-0.25, -0.2) is 0 Å².